The van der Waals surface area contributed by atoms with Gasteiger partial charge in [0.1, 0.15) is 5.82 Å². The summed E-state index contributed by atoms with van der Waals surface area (Å²) in [7, 11) is 2.89. The maximum atomic E-state index is 13.0. The van der Waals surface area contributed by atoms with Crippen molar-refractivity contribution in [1.82, 2.24) is 4.90 Å². The van der Waals surface area contributed by atoms with Crippen LogP contribution in [-0.2, 0) is 4.79 Å². The molecule has 114 valence electrons. The largest absolute Gasteiger partial charge is 0.500 e. The van der Waals surface area contributed by atoms with E-state index in [0.717, 1.165) is 10.5 Å². The number of thioether (sulfide) groups is 1. The summed E-state index contributed by atoms with van der Waals surface area (Å²) in [6.45, 7) is 1.88. The second kappa shape index (κ2) is 6.28. The summed E-state index contributed by atoms with van der Waals surface area (Å²) in [4.78, 5) is 25.0. The molecular formula is C15H15FN3O2S+. The van der Waals surface area contributed by atoms with Crippen molar-refractivity contribution in [3.8, 4) is 6.07 Å². The third kappa shape index (κ3) is 2.88. The van der Waals surface area contributed by atoms with E-state index < -0.39 is 17.9 Å². The molecule has 0 N–H and O–H groups in total. The second-order valence-corrected chi connectivity index (χ2v) is 6.31. The van der Waals surface area contributed by atoms with Crippen LogP contribution in [0.2, 0.25) is 0 Å². The van der Waals surface area contributed by atoms with E-state index in [-0.39, 0.29) is 11.1 Å². The van der Waals surface area contributed by atoms with Gasteiger partial charge in [-0.2, -0.15) is 19.5 Å². The van der Waals surface area contributed by atoms with Crippen LogP contribution in [0.1, 0.15) is 17.7 Å². The first-order valence-electron chi connectivity index (χ1n) is 6.60. The van der Waals surface area contributed by atoms with Gasteiger partial charge in [-0.05, 0) is 24.6 Å². The highest BCUT2D eigenvalue weighted by molar-refractivity contribution is 8.14. The Morgan fingerprint density at radius 2 is 1.95 bits per heavy atom. The molecule has 1 aromatic carbocycles. The zero-order valence-corrected chi connectivity index (χ0v) is 13.2. The Labute approximate surface area is 132 Å². The van der Waals surface area contributed by atoms with E-state index >= 15 is 0 Å². The quantitative estimate of drug-likeness (QED) is 0.785. The molecule has 0 fully saturated rings. The standard InChI is InChI=1S/C15H15FN3O2S/c1-9(10-4-6-11(16)7-5-10)22-14-12(8-17)13(20)18(2)15(21)19(14)3/h4-7,9,12H,1-3H3/q+1. The number of urea groups is 1. The summed E-state index contributed by atoms with van der Waals surface area (Å²) in [6, 6.07) is 7.48. The van der Waals surface area contributed by atoms with Gasteiger partial charge in [0.15, 0.2) is 5.04 Å². The molecule has 0 saturated carbocycles. The Kier molecular flexibility index (Phi) is 4.62. The molecule has 0 saturated heterocycles. The number of carbonyl (C=O) groups is 2. The van der Waals surface area contributed by atoms with Crippen molar-refractivity contribution in [2.45, 2.75) is 12.2 Å². The van der Waals surface area contributed by atoms with E-state index in [1.54, 1.807) is 12.1 Å². The highest BCUT2D eigenvalue weighted by Crippen LogP contribution is 2.33. The maximum absolute atomic E-state index is 13.0. The molecule has 2 unspecified atom stereocenters. The first kappa shape index (κ1) is 16.2. The highest BCUT2D eigenvalue weighted by Gasteiger charge is 2.45. The van der Waals surface area contributed by atoms with Crippen LogP contribution in [0.15, 0.2) is 24.3 Å². The van der Waals surface area contributed by atoms with Gasteiger partial charge in [0.05, 0.1) is 20.2 Å². The monoisotopic (exact) mass is 320 g/mol. The number of benzene rings is 1. The number of nitrogens with zero attached hydrogens (tertiary/aromatic N) is 3. The van der Waals surface area contributed by atoms with Gasteiger partial charge < -0.3 is 0 Å². The molecule has 0 aliphatic carbocycles. The molecule has 1 aliphatic rings. The first-order chi connectivity index (χ1) is 10.4. The molecule has 0 bridgehead atoms. The predicted molar refractivity (Wildman–Crippen MR) is 80.9 cm³/mol. The fourth-order valence-electron chi connectivity index (χ4n) is 2.15. The van der Waals surface area contributed by atoms with Crippen molar-refractivity contribution >= 4 is 28.7 Å². The van der Waals surface area contributed by atoms with Crippen molar-refractivity contribution in [2.24, 2.45) is 5.92 Å². The number of nitriles is 1. The van der Waals surface area contributed by atoms with E-state index in [0.29, 0.717) is 5.04 Å². The van der Waals surface area contributed by atoms with Gasteiger partial charge in [-0.1, -0.05) is 23.9 Å². The molecule has 7 heteroatoms. The molecule has 0 spiro atoms. The summed E-state index contributed by atoms with van der Waals surface area (Å²) in [5, 5.41) is 9.52. The number of hydrogen-bond acceptors (Lipinski definition) is 4. The van der Waals surface area contributed by atoms with Crippen LogP contribution in [0.25, 0.3) is 0 Å². The van der Waals surface area contributed by atoms with Crippen LogP contribution in [0, 0.1) is 23.1 Å². The molecule has 1 aromatic rings. The summed E-state index contributed by atoms with van der Waals surface area (Å²) in [6.07, 6.45) is 0. The van der Waals surface area contributed by atoms with Crippen molar-refractivity contribution in [3.05, 3.63) is 35.6 Å². The predicted octanol–water partition coefficient (Wildman–Crippen LogP) is 2.39. The van der Waals surface area contributed by atoms with Crippen molar-refractivity contribution < 1.29 is 18.6 Å². The molecule has 2 rings (SSSR count). The van der Waals surface area contributed by atoms with Gasteiger partial charge in [0.2, 0.25) is 5.92 Å². The average Bonchev–Trinajstić information content (AvgIpc) is 2.51. The van der Waals surface area contributed by atoms with Gasteiger partial charge >= 0.3 is 11.9 Å². The lowest BCUT2D eigenvalue weighted by Gasteiger charge is -2.22. The molecule has 0 radical (unpaired) electrons. The van der Waals surface area contributed by atoms with Gasteiger partial charge in [-0.25, -0.2) is 9.18 Å². The minimum atomic E-state index is -0.999. The fraction of sp³-hybridized carbons (Fsp3) is 0.333. The number of amides is 3. The molecule has 1 aliphatic heterocycles. The fourth-order valence-corrected chi connectivity index (χ4v) is 3.33. The van der Waals surface area contributed by atoms with Crippen LogP contribution in [0.4, 0.5) is 9.18 Å². The summed E-state index contributed by atoms with van der Waals surface area (Å²) in [5.74, 6) is -1.86. The number of hydrogen-bond donors (Lipinski definition) is 0. The summed E-state index contributed by atoms with van der Waals surface area (Å²) in [5.41, 5.74) is 0.850. The van der Waals surface area contributed by atoms with E-state index in [1.165, 1.54) is 42.6 Å². The molecule has 2 atom stereocenters. The maximum Gasteiger partial charge on any atom is 0.500 e. The zero-order chi connectivity index (χ0) is 16.4. The SMILES string of the molecule is CC(SC1=[N+](C)C(=O)N(C)C(=O)C1C#N)c1ccc(F)cc1. The minimum Gasteiger partial charge on any atom is -0.245 e. The number of imide groups is 1. The highest BCUT2D eigenvalue weighted by atomic mass is 32.2. The Morgan fingerprint density at radius 3 is 2.50 bits per heavy atom. The Morgan fingerprint density at radius 1 is 1.36 bits per heavy atom. The van der Waals surface area contributed by atoms with Crippen LogP contribution in [0.5, 0.6) is 0 Å². The van der Waals surface area contributed by atoms with E-state index in [9.17, 15) is 19.2 Å². The van der Waals surface area contributed by atoms with E-state index in [2.05, 4.69) is 0 Å². The molecule has 3 amide bonds. The van der Waals surface area contributed by atoms with Gasteiger partial charge in [-0.15, -0.1) is 0 Å². The third-order valence-corrected chi connectivity index (χ3v) is 4.87. The lowest BCUT2D eigenvalue weighted by atomic mass is 10.1. The molecule has 0 aromatic heterocycles. The number of halogens is 1. The van der Waals surface area contributed by atoms with Gasteiger partial charge in [0, 0.05) is 5.25 Å². The summed E-state index contributed by atoms with van der Waals surface area (Å²) < 4.78 is 14.3. The van der Waals surface area contributed by atoms with Gasteiger partial charge in [-0.3, -0.25) is 0 Å². The van der Waals surface area contributed by atoms with Crippen molar-refractivity contribution in [1.29, 1.82) is 5.26 Å². The number of rotatable bonds is 2. The Hall–Kier alpha value is -2.20. The zero-order valence-electron chi connectivity index (χ0n) is 12.4. The van der Waals surface area contributed by atoms with E-state index in [1.807, 2.05) is 13.0 Å². The van der Waals surface area contributed by atoms with Crippen molar-refractivity contribution in [3.63, 3.8) is 0 Å². The molecule has 5 nitrogen and oxygen atoms in total. The average molecular weight is 320 g/mol. The smallest absolute Gasteiger partial charge is 0.245 e. The van der Waals surface area contributed by atoms with Gasteiger partial charge in [0.25, 0.3) is 0 Å². The second-order valence-electron chi connectivity index (χ2n) is 4.95. The third-order valence-electron chi connectivity index (χ3n) is 3.49. The van der Waals surface area contributed by atoms with Crippen LogP contribution in [0.3, 0.4) is 0 Å². The summed E-state index contributed by atoms with van der Waals surface area (Å²) >= 11 is 1.26. The van der Waals surface area contributed by atoms with Crippen molar-refractivity contribution in [2.75, 3.05) is 14.1 Å². The van der Waals surface area contributed by atoms with E-state index in [4.69, 9.17) is 0 Å². The van der Waals surface area contributed by atoms with Crippen LogP contribution in [-0.4, -0.2) is 40.6 Å². The molecular weight excluding hydrogens is 305 g/mol. The first-order valence-corrected chi connectivity index (χ1v) is 7.48. The minimum absolute atomic E-state index is 0.127. The Bertz CT molecular complexity index is 694. The Balaban J connectivity index is 2.33. The lowest BCUT2D eigenvalue weighted by Crippen LogP contribution is -2.50. The topological polar surface area (TPSA) is 64.2 Å². The number of carbonyl (C=O) groups excluding carboxylic acids is 2. The normalized spacial score (nSPS) is 20.1. The van der Waals surface area contributed by atoms with Crippen LogP contribution >= 0.6 is 11.8 Å². The van der Waals surface area contributed by atoms with Crippen LogP contribution < -0.4 is 0 Å². The molecule has 1 heterocycles. The molecule has 22 heavy (non-hydrogen) atoms. The lowest BCUT2D eigenvalue weighted by molar-refractivity contribution is -0.403.